The largest absolute Gasteiger partial charge is 0.374 e. The van der Waals surface area contributed by atoms with E-state index in [2.05, 4.69) is 10.1 Å². The van der Waals surface area contributed by atoms with Crippen molar-refractivity contribution < 1.29 is 18.3 Å². The van der Waals surface area contributed by atoms with E-state index in [4.69, 9.17) is 0 Å². The standard InChI is InChI=1S/C10H20F2N2O2/c1-14(2)10(15)4-3-5-13-6-7-16-8-9(11)12/h9,13H,3-8H2,1-2H3. The first kappa shape index (κ1) is 15.2. The highest BCUT2D eigenvalue weighted by atomic mass is 19.3. The molecule has 0 aliphatic carbocycles. The zero-order valence-electron chi connectivity index (χ0n) is 9.84. The van der Waals surface area contributed by atoms with Crippen molar-refractivity contribution in [2.75, 3.05) is 40.4 Å². The lowest BCUT2D eigenvalue weighted by molar-refractivity contribution is -0.128. The molecule has 0 atom stereocenters. The zero-order valence-corrected chi connectivity index (χ0v) is 9.84. The monoisotopic (exact) mass is 238 g/mol. The Morgan fingerprint density at radius 1 is 1.38 bits per heavy atom. The van der Waals surface area contributed by atoms with Gasteiger partial charge < -0.3 is 15.0 Å². The van der Waals surface area contributed by atoms with Gasteiger partial charge in [0.15, 0.2) is 0 Å². The fraction of sp³-hybridized carbons (Fsp3) is 0.900. The second-order valence-electron chi connectivity index (χ2n) is 3.61. The van der Waals surface area contributed by atoms with Crippen molar-refractivity contribution in [3.63, 3.8) is 0 Å². The molecule has 0 heterocycles. The predicted octanol–water partition coefficient (Wildman–Crippen LogP) is 0.726. The van der Waals surface area contributed by atoms with E-state index in [1.165, 1.54) is 0 Å². The van der Waals surface area contributed by atoms with Crippen LogP contribution >= 0.6 is 0 Å². The lowest BCUT2D eigenvalue weighted by Crippen LogP contribution is -2.25. The Morgan fingerprint density at radius 3 is 2.62 bits per heavy atom. The topological polar surface area (TPSA) is 41.6 Å². The molecule has 0 saturated heterocycles. The van der Waals surface area contributed by atoms with Crippen LogP contribution in [0.3, 0.4) is 0 Å². The van der Waals surface area contributed by atoms with Crippen molar-refractivity contribution in [2.24, 2.45) is 0 Å². The van der Waals surface area contributed by atoms with Crippen LogP contribution in [0.5, 0.6) is 0 Å². The molecule has 0 fully saturated rings. The van der Waals surface area contributed by atoms with E-state index in [1.54, 1.807) is 19.0 Å². The number of ether oxygens (including phenoxy) is 1. The SMILES string of the molecule is CN(C)C(=O)CCCNCCOCC(F)F. The van der Waals surface area contributed by atoms with Gasteiger partial charge in [-0.25, -0.2) is 8.78 Å². The molecule has 1 N–H and O–H groups in total. The van der Waals surface area contributed by atoms with Gasteiger partial charge in [0.25, 0.3) is 6.43 Å². The van der Waals surface area contributed by atoms with Gasteiger partial charge in [-0.05, 0) is 13.0 Å². The van der Waals surface area contributed by atoms with E-state index in [1.807, 2.05) is 0 Å². The van der Waals surface area contributed by atoms with Gasteiger partial charge in [0.05, 0.1) is 6.61 Å². The van der Waals surface area contributed by atoms with Gasteiger partial charge in [0, 0.05) is 27.1 Å². The van der Waals surface area contributed by atoms with Gasteiger partial charge in [-0.1, -0.05) is 0 Å². The smallest absolute Gasteiger partial charge is 0.261 e. The number of alkyl halides is 2. The van der Waals surface area contributed by atoms with Crippen molar-refractivity contribution in [3.8, 4) is 0 Å². The summed E-state index contributed by atoms with van der Waals surface area (Å²) >= 11 is 0. The first-order valence-electron chi connectivity index (χ1n) is 5.30. The predicted molar refractivity (Wildman–Crippen MR) is 57.6 cm³/mol. The molecule has 0 unspecified atom stereocenters. The molecule has 6 heteroatoms. The molecule has 0 aromatic heterocycles. The molecule has 0 spiro atoms. The Labute approximate surface area is 94.9 Å². The van der Waals surface area contributed by atoms with Crippen LogP contribution < -0.4 is 5.32 Å². The van der Waals surface area contributed by atoms with Crippen molar-refractivity contribution >= 4 is 5.91 Å². The number of carbonyl (C=O) groups excluding carboxylic acids is 1. The lowest BCUT2D eigenvalue weighted by Gasteiger charge is -2.10. The Balaban J connectivity index is 3.13. The van der Waals surface area contributed by atoms with Crippen LogP contribution in [0.15, 0.2) is 0 Å². The van der Waals surface area contributed by atoms with E-state index >= 15 is 0 Å². The minimum atomic E-state index is -2.40. The molecule has 1 amide bonds. The normalized spacial score (nSPS) is 10.8. The number of rotatable bonds is 9. The third-order valence-corrected chi connectivity index (χ3v) is 1.91. The third kappa shape index (κ3) is 9.79. The maximum atomic E-state index is 11.6. The van der Waals surface area contributed by atoms with Gasteiger partial charge in [-0.3, -0.25) is 4.79 Å². The number of nitrogens with one attached hydrogen (secondary N) is 1. The summed E-state index contributed by atoms with van der Waals surface area (Å²) in [5.74, 6) is 0.0933. The summed E-state index contributed by atoms with van der Waals surface area (Å²) in [7, 11) is 3.43. The first-order valence-corrected chi connectivity index (χ1v) is 5.30. The first-order chi connectivity index (χ1) is 7.54. The molecule has 0 aromatic rings. The Hall–Kier alpha value is -0.750. The maximum Gasteiger partial charge on any atom is 0.261 e. The van der Waals surface area contributed by atoms with Crippen LogP contribution in [0.25, 0.3) is 0 Å². The zero-order chi connectivity index (χ0) is 12.4. The van der Waals surface area contributed by atoms with Crippen LogP contribution in [0.2, 0.25) is 0 Å². The molecule has 0 rings (SSSR count). The van der Waals surface area contributed by atoms with E-state index in [0.717, 1.165) is 6.42 Å². The number of hydrogen-bond acceptors (Lipinski definition) is 3. The van der Waals surface area contributed by atoms with E-state index in [9.17, 15) is 13.6 Å². The summed E-state index contributed by atoms with van der Waals surface area (Å²) in [6.07, 6.45) is -1.17. The average Bonchev–Trinajstić information content (AvgIpc) is 2.21. The second kappa shape index (κ2) is 9.47. The number of hydrogen-bond donors (Lipinski definition) is 1. The average molecular weight is 238 g/mol. The van der Waals surface area contributed by atoms with Gasteiger partial charge in [-0.15, -0.1) is 0 Å². The van der Waals surface area contributed by atoms with Crippen molar-refractivity contribution in [2.45, 2.75) is 19.3 Å². The third-order valence-electron chi connectivity index (χ3n) is 1.91. The molecule has 0 bridgehead atoms. The molecule has 0 aromatic carbocycles. The number of amides is 1. The maximum absolute atomic E-state index is 11.6. The number of nitrogens with zero attached hydrogens (tertiary/aromatic N) is 1. The summed E-state index contributed by atoms with van der Waals surface area (Å²) in [5, 5.41) is 3.01. The van der Waals surface area contributed by atoms with Gasteiger partial charge in [0.1, 0.15) is 6.61 Å². The Morgan fingerprint density at radius 2 is 2.06 bits per heavy atom. The van der Waals surface area contributed by atoms with Crippen molar-refractivity contribution in [1.29, 1.82) is 0 Å². The number of carbonyl (C=O) groups is 1. The molecule has 16 heavy (non-hydrogen) atoms. The van der Waals surface area contributed by atoms with Crippen molar-refractivity contribution in [3.05, 3.63) is 0 Å². The van der Waals surface area contributed by atoms with Crippen LogP contribution in [0.4, 0.5) is 8.78 Å². The molecular formula is C10H20F2N2O2. The van der Waals surface area contributed by atoms with Gasteiger partial charge in [0.2, 0.25) is 5.91 Å². The second-order valence-corrected chi connectivity index (χ2v) is 3.61. The molecule has 0 radical (unpaired) electrons. The molecular weight excluding hydrogens is 218 g/mol. The van der Waals surface area contributed by atoms with Gasteiger partial charge >= 0.3 is 0 Å². The van der Waals surface area contributed by atoms with Crippen LogP contribution in [0.1, 0.15) is 12.8 Å². The highest BCUT2D eigenvalue weighted by Gasteiger charge is 2.03. The van der Waals surface area contributed by atoms with Crippen LogP contribution in [-0.2, 0) is 9.53 Å². The van der Waals surface area contributed by atoms with Gasteiger partial charge in [-0.2, -0.15) is 0 Å². The molecule has 0 saturated carbocycles. The van der Waals surface area contributed by atoms with Crippen molar-refractivity contribution in [1.82, 2.24) is 10.2 Å². The fourth-order valence-corrected chi connectivity index (χ4v) is 1.03. The highest BCUT2D eigenvalue weighted by molar-refractivity contribution is 5.75. The number of halogens is 2. The molecule has 96 valence electrons. The quantitative estimate of drug-likeness (QED) is 0.602. The summed E-state index contributed by atoms with van der Waals surface area (Å²) < 4.78 is 28.0. The summed E-state index contributed by atoms with van der Waals surface area (Å²) in [6, 6.07) is 0. The summed E-state index contributed by atoms with van der Waals surface area (Å²) in [4.78, 5) is 12.7. The summed E-state index contributed by atoms with van der Waals surface area (Å²) in [6.45, 7) is 0.979. The Kier molecular flexibility index (Phi) is 9.03. The summed E-state index contributed by atoms with van der Waals surface area (Å²) in [5.41, 5.74) is 0. The minimum absolute atomic E-state index is 0.0933. The van der Waals surface area contributed by atoms with E-state index in [0.29, 0.717) is 19.5 Å². The van der Waals surface area contributed by atoms with Crippen LogP contribution in [0, 0.1) is 0 Å². The van der Waals surface area contributed by atoms with E-state index < -0.39 is 13.0 Å². The molecule has 4 nitrogen and oxygen atoms in total. The highest BCUT2D eigenvalue weighted by Crippen LogP contribution is 1.92. The minimum Gasteiger partial charge on any atom is -0.374 e. The molecule has 0 aliphatic rings. The lowest BCUT2D eigenvalue weighted by atomic mass is 10.3. The Bertz CT molecular complexity index is 190. The van der Waals surface area contributed by atoms with E-state index in [-0.39, 0.29) is 12.5 Å². The molecule has 0 aliphatic heterocycles. The fourth-order valence-electron chi connectivity index (χ4n) is 1.03. The van der Waals surface area contributed by atoms with Crippen LogP contribution in [-0.4, -0.2) is 57.6 Å².